The summed E-state index contributed by atoms with van der Waals surface area (Å²) in [5.74, 6) is -0.461. The molecule has 0 unspecified atom stereocenters. The molecule has 0 radical (unpaired) electrons. The van der Waals surface area contributed by atoms with Gasteiger partial charge in [0, 0.05) is 13.0 Å². The van der Waals surface area contributed by atoms with Crippen LogP contribution >= 0.6 is 0 Å². The first-order valence-electron chi connectivity index (χ1n) is 11.2. The highest BCUT2D eigenvalue weighted by Crippen LogP contribution is 2.36. The van der Waals surface area contributed by atoms with Crippen molar-refractivity contribution in [1.29, 1.82) is 0 Å². The Balaban J connectivity index is 2.22. The summed E-state index contributed by atoms with van der Waals surface area (Å²) >= 11 is 0. The van der Waals surface area contributed by atoms with Gasteiger partial charge in [0.1, 0.15) is 6.04 Å². The van der Waals surface area contributed by atoms with E-state index in [1.54, 1.807) is 4.90 Å². The smallest absolute Gasteiger partial charge is 0.467 e. The van der Waals surface area contributed by atoms with Crippen LogP contribution in [0, 0.1) is 5.92 Å². The van der Waals surface area contributed by atoms with Gasteiger partial charge >= 0.3 is 13.1 Å². The van der Waals surface area contributed by atoms with Gasteiger partial charge in [-0.15, -0.1) is 0 Å². The van der Waals surface area contributed by atoms with E-state index < -0.39 is 24.4 Å². The van der Waals surface area contributed by atoms with E-state index in [1.165, 1.54) is 7.11 Å². The Hall–Kier alpha value is -1.86. The number of unbranched alkanes of at least 4 members (excludes halogenated alkanes) is 1. The van der Waals surface area contributed by atoms with Crippen LogP contribution in [-0.4, -0.2) is 48.2 Å². The standard InChI is InChI=1S/C24H38BNO5/c1-9-10-11-20(27)26(21(17(2)3)22(28)29-8)16-18-12-14-19(15-13-18)25-30-23(4,5)24(6,7)31-25/h12-15,17,21H,9-11,16H2,1-8H3/t21-/m0/s1. The zero-order valence-electron chi connectivity index (χ0n) is 20.4. The Labute approximate surface area is 187 Å². The normalized spacial score (nSPS) is 18.2. The average Bonchev–Trinajstić information content (AvgIpc) is 2.92. The van der Waals surface area contributed by atoms with E-state index in [-0.39, 0.29) is 17.8 Å². The first-order chi connectivity index (χ1) is 14.4. The monoisotopic (exact) mass is 431 g/mol. The molecule has 1 atom stereocenters. The van der Waals surface area contributed by atoms with Crippen molar-refractivity contribution >= 4 is 24.5 Å². The molecular formula is C24H38BNO5. The SMILES string of the molecule is CCCCC(=O)N(Cc1ccc(B2OC(C)(C)C(C)(C)O2)cc1)[C@H](C(=O)OC)C(C)C. The fraction of sp³-hybridized carbons (Fsp3) is 0.667. The molecule has 6 nitrogen and oxygen atoms in total. The molecule has 0 bridgehead atoms. The van der Waals surface area contributed by atoms with Crippen LogP contribution in [0.25, 0.3) is 0 Å². The molecule has 1 heterocycles. The highest BCUT2D eigenvalue weighted by Gasteiger charge is 2.51. The minimum absolute atomic E-state index is 0.0269. The summed E-state index contributed by atoms with van der Waals surface area (Å²) in [7, 11) is 0.936. The Morgan fingerprint density at radius 1 is 1.06 bits per heavy atom. The molecule has 1 fully saturated rings. The van der Waals surface area contributed by atoms with Crippen LogP contribution in [0.5, 0.6) is 0 Å². The quantitative estimate of drug-likeness (QED) is 0.441. The predicted molar refractivity (Wildman–Crippen MR) is 123 cm³/mol. The topological polar surface area (TPSA) is 65.1 Å². The van der Waals surface area contributed by atoms with Crippen LogP contribution in [0.15, 0.2) is 24.3 Å². The number of benzene rings is 1. The number of rotatable bonds is 9. The molecule has 0 aliphatic carbocycles. The first kappa shape index (κ1) is 25.4. The molecule has 1 amide bonds. The number of nitrogens with zero attached hydrogens (tertiary/aromatic N) is 1. The second kappa shape index (κ2) is 10.2. The second-order valence-electron chi connectivity index (χ2n) is 9.67. The van der Waals surface area contributed by atoms with Gasteiger partial charge in [-0.25, -0.2) is 4.79 Å². The van der Waals surface area contributed by atoms with Crippen LogP contribution in [0.4, 0.5) is 0 Å². The lowest BCUT2D eigenvalue weighted by Crippen LogP contribution is -2.48. The Kier molecular flexibility index (Phi) is 8.34. The van der Waals surface area contributed by atoms with Crippen LogP contribution in [0.3, 0.4) is 0 Å². The molecule has 1 aliphatic heterocycles. The maximum atomic E-state index is 13.0. The number of carbonyl (C=O) groups excluding carboxylic acids is 2. The van der Waals surface area contributed by atoms with Gasteiger partial charge in [0.15, 0.2) is 0 Å². The lowest BCUT2D eigenvalue weighted by Gasteiger charge is -2.32. The van der Waals surface area contributed by atoms with E-state index in [9.17, 15) is 9.59 Å². The van der Waals surface area contributed by atoms with Gasteiger partial charge in [0.25, 0.3) is 0 Å². The minimum atomic E-state index is -0.614. The van der Waals surface area contributed by atoms with E-state index in [2.05, 4.69) is 0 Å². The molecular weight excluding hydrogens is 393 g/mol. The van der Waals surface area contributed by atoms with Gasteiger partial charge < -0.3 is 18.9 Å². The Morgan fingerprint density at radius 2 is 1.61 bits per heavy atom. The van der Waals surface area contributed by atoms with Crippen molar-refractivity contribution in [3.05, 3.63) is 29.8 Å². The van der Waals surface area contributed by atoms with Crippen LogP contribution in [-0.2, 0) is 30.2 Å². The van der Waals surface area contributed by atoms with E-state index in [0.717, 1.165) is 23.9 Å². The minimum Gasteiger partial charge on any atom is -0.467 e. The largest absolute Gasteiger partial charge is 0.494 e. The summed E-state index contributed by atoms with van der Waals surface area (Å²) in [6.45, 7) is 14.4. The summed E-state index contributed by atoms with van der Waals surface area (Å²) in [6.07, 6.45) is 2.14. The van der Waals surface area contributed by atoms with Crippen molar-refractivity contribution in [3.63, 3.8) is 0 Å². The van der Waals surface area contributed by atoms with Crippen LogP contribution in [0.1, 0.15) is 73.3 Å². The third-order valence-electron chi connectivity index (χ3n) is 6.33. The molecule has 0 N–H and O–H groups in total. The Morgan fingerprint density at radius 3 is 2.06 bits per heavy atom. The molecule has 172 valence electrons. The fourth-order valence-electron chi connectivity index (χ4n) is 3.65. The zero-order valence-corrected chi connectivity index (χ0v) is 20.4. The van der Waals surface area contributed by atoms with Crippen molar-refractivity contribution in [2.45, 2.75) is 91.5 Å². The summed E-state index contributed by atoms with van der Waals surface area (Å²) in [5, 5.41) is 0. The lowest BCUT2D eigenvalue weighted by atomic mass is 9.79. The third-order valence-corrected chi connectivity index (χ3v) is 6.33. The number of methoxy groups -OCH3 is 1. The number of hydrogen-bond donors (Lipinski definition) is 0. The van der Waals surface area contributed by atoms with Crippen molar-refractivity contribution in [2.24, 2.45) is 5.92 Å². The Bertz CT molecular complexity index is 744. The van der Waals surface area contributed by atoms with Gasteiger partial charge in [0.2, 0.25) is 5.91 Å². The van der Waals surface area contributed by atoms with E-state index in [0.29, 0.717) is 13.0 Å². The molecule has 0 saturated carbocycles. The molecule has 7 heteroatoms. The van der Waals surface area contributed by atoms with Gasteiger partial charge in [0.05, 0.1) is 18.3 Å². The summed E-state index contributed by atoms with van der Waals surface area (Å²) < 4.78 is 17.2. The first-order valence-corrected chi connectivity index (χ1v) is 11.2. The molecule has 1 aromatic carbocycles. The maximum absolute atomic E-state index is 13.0. The van der Waals surface area contributed by atoms with Crippen LogP contribution < -0.4 is 5.46 Å². The van der Waals surface area contributed by atoms with Gasteiger partial charge in [-0.3, -0.25) is 4.79 Å². The molecule has 1 aliphatic rings. The fourth-order valence-corrected chi connectivity index (χ4v) is 3.65. The van der Waals surface area contributed by atoms with E-state index >= 15 is 0 Å². The third kappa shape index (κ3) is 5.89. The van der Waals surface area contributed by atoms with Crippen molar-refractivity contribution in [1.82, 2.24) is 4.90 Å². The molecule has 1 aromatic rings. The number of esters is 1. The number of amides is 1. The van der Waals surface area contributed by atoms with Crippen molar-refractivity contribution in [3.8, 4) is 0 Å². The van der Waals surface area contributed by atoms with Crippen molar-refractivity contribution in [2.75, 3.05) is 7.11 Å². The number of ether oxygens (including phenoxy) is 1. The van der Waals surface area contributed by atoms with Gasteiger partial charge in [-0.2, -0.15) is 0 Å². The van der Waals surface area contributed by atoms with Gasteiger partial charge in [-0.05, 0) is 51.1 Å². The highest BCUT2D eigenvalue weighted by atomic mass is 16.7. The summed E-state index contributed by atoms with van der Waals surface area (Å²) in [6, 6.07) is 7.25. The molecule has 31 heavy (non-hydrogen) atoms. The summed E-state index contributed by atoms with van der Waals surface area (Å²) in [5.41, 5.74) is 1.08. The zero-order chi connectivity index (χ0) is 23.4. The maximum Gasteiger partial charge on any atom is 0.494 e. The lowest BCUT2D eigenvalue weighted by molar-refractivity contribution is -0.155. The van der Waals surface area contributed by atoms with Crippen molar-refractivity contribution < 1.29 is 23.6 Å². The number of hydrogen-bond acceptors (Lipinski definition) is 5. The molecule has 1 saturated heterocycles. The van der Waals surface area contributed by atoms with Gasteiger partial charge in [-0.1, -0.05) is 51.5 Å². The summed E-state index contributed by atoms with van der Waals surface area (Å²) in [4.78, 5) is 27.1. The second-order valence-corrected chi connectivity index (χ2v) is 9.67. The van der Waals surface area contributed by atoms with E-state index in [1.807, 2.05) is 72.7 Å². The molecule has 0 spiro atoms. The highest BCUT2D eigenvalue weighted by molar-refractivity contribution is 6.62. The molecule has 0 aromatic heterocycles. The molecule has 2 rings (SSSR count). The van der Waals surface area contributed by atoms with Crippen LogP contribution in [0.2, 0.25) is 0 Å². The van der Waals surface area contributed by atoms with E-state index in [4.69, 9.17) is 14.0 Å². The number of carbonyl (C=O) groups is 2. The average molecular weight is 431 g/mol. The predicted octanol–water partition coefficient (Wildman–Crippen LogP) is 3.70.